The quantitative estimate of drug-likeness (QED) is 0.690. The normalized spacial score (nSPS) is 22.3. The van der Waals surface area contributed by atoms with E-state index in [1.54, 1.807) is 4.90 Å². The van der Waals surface area contributed by atoms with Crippen molar-refractivity contribution < 1.29 is 14.4 Å². The fourth-order valence-corrected chi connectivity index (χ4v) is 3.60. The second-order valence-corrected chi connectivity index (χ2v) is 6.96. The van der Waals surface area contributed by atoms with Crippen LogP contribution in [0.1, 0.15) is 26.7 Å². The smallest absolute Gasteiger partial charge is 0.255 e. The highest BCUT2D eigenvalue weighted by molar-refractivity contribution is 6.32. The van der Waals surface area contributed by atoms with Crippen molar-refractivity contribution in [2.24, 2.45) is 5.92 Å². The lowest BCUT2D eigenvalue weighted by molar-refractivity contribution is -0.146. The number of hydrogen-bond donors (Lipinski definition) is 0. The Morgan fingerprint density at radius 3 is 2.54 bits per heavy atom. The van der Waals surface area contributed by atoms with Crippen LogP contribution < -0.4 is 0 Å². The zero-order chi connectivity index (χ0) is 18.0. The van der Waals surface area contributed by atoms with E-state index in [0.29, 0.717) is 24.1 Å². The molecule has 6 heteroatoms. The number of amides is 2. The molecule has 2 amide bonds. The Bertz CT molecular complexity index is 624. The zero-order valence-corrected chi connectivity index (χ0v) is 14.9. The average Bonchev–Trinajstić information content (AvgIpc) is 3.12. The molecule has 1 fully saturated rings. The van der Waals surface area contributed by atoms with Gasteiger partial charge in [0.1, 0.15) is 12.3 Å². The van der Waals surface area contributed by atoms with Gasteiger partial charge >= 0.3 is 0 Å². The van der Waals surface area contributed by atoms with E-state index in [2.05, 4.69) is 13.2 Å². The van der Waals surface area contributed by atoms with Gasteiger partial charge in [-0.3, -0.25) is 9.59 Å². The molecular formula is C18H23ClN2O3. The number of nitrogens with zero attached hydrogens (tertiary/aromatic N) is 2. The SMILES string of the molecule is C=CC1=C(C(=C)Cl)CN(C(C(=O)N2CCCC2C=O)C(C)C)C1=O. The van der Waals surface area contributed by atoms with E-state index in [4.69, 9.17) is 11.6 Å². The van der Waals surface area contributed by atoms with Crippen molar-refractivity contribution >= 4 is 29.7 Å². The summed E-state index contributed by atoms with van der Waals surface area (Å²) in [6.07, 6.45) is 3.74. The van der Waals surface area contributed by atoms with E-state index in [1.807, 2.05) is 13.8 Å². The van der Waals surface area contributed by atoms with Gasteiger partial charge < -0.3 is 14.6 Å². The third-order valence-electron chi connectivity index (χ3n) is 4.64. The molecule has 2 atom stereocenters. The lowest BCUT2D eigenvalue weighted by atomic mass is 10.0. The van der Waals surface area contributed by atoms with E-state index in [9.17, 15) is 14.4 Å². The molecule has 0 aliphatic carbocycles. The highest BCUT2D eigenvalue weighted by Crippen LogP contribution is 2.31. The predicted molar refractivity (Wildman–Crippen MR) is 93.4 cm³/mol. The summed E-state index contributed by atoms with van der Waals surface area (Å²) in [6.45, 7) is 11.9. The summed E-state index contributed by atoms with van der Waals surface area (Å²) >= 11 is 6.00. The van der Waals surface area contributed by atoms with Crippen molar-refractivity contribution in [3.63, 3.8) is 0 Å². The number of aldehydes is 1. The minimum atomic E-state index is -0.637. The number of halogens is 1. The minimum absolute atomic E-state index is 0.0941. The Balaban J connectivity index is 2.31. The first kappa shape index (κ1) is 18.5. The Labute approximate surface area is 147 Å². The lowest BCUT2D eigenvalue weighted by Gasteiger charge is -2.34. The molecule has 2 heterocycles. The van der Waals surface area contributed by atoms with Crippen LogP contribution in [0.25, 0.3) is 0 Å². The Morgan fingerprint density at radius 2 is 2.08 bits per heavy atom. The number of carbonyl (C=O) groups excluding carboxylic acids is 3. The van der Waals surface area contributed by atoms with Gasteiger partial charge in [0.05, 0.1) is 6.04 Å². The predicted octanol–water partition coefficient (Wildman–Crippen LogP) is 2.28. The van der Waals surface area contributed by atoms with Crippen LogP contribution in [0.4, 0.5) is 0 Å². The minimum Gasteiger partial charge on any atom is -0.331 e. The summed E-state index contributed by atoms with van der Waals surface area (Å²) in [6, 6.07) is -1.03. The van der Waals surface area contributed by atoms with Crippen LogP contribution in [0.2, 0.25) is 0 Å². The Kier molecular flexibility index (Phi) is 5.65. The summed E-state index contributed by atoms with van der Waals surface area (Å²) in [7, 11) is 0. The zero-order valence-electron chi connectivity index (χ0n) is 14.1. The first-order valence-electron chi connectivity index (χ1n) is 8.10. The maximum absolute atomic E-state index is 13.0. The fourth-order valence-electron chi connectivity index (χ4n) is 3.43. The van der Waals surface area contributed by atoms with Gasteiger partial charge in [-0.1, -0.05) is 44.7 Å². The van der Waals surface area contributed by atoms with E-state index in [0.717, 1.165) is 12.7 Å². The van der Waals surface area contributed by atoms with Crippen LogP contribution in [0.5, 0.6) is 0 Å². The molecule has 0 aromatic rings. The van der Waals surface area contributed by atoms with Crippen molar-refractivity contribution in [1.29, 1.82) is 0 Å². The first-order valence-corrected chi connectivity index (χ1v) is 8.48. The van der Waals surface area contributed by atoms with Crippen molar-refractivity contribution in [2.45, 2.75) is 38.8 Å². The summed E-state index contributed by atoms with van der Waals surface area (Å²) in [5.74, 6) is -0.545. The van der Waals surface area contributed by atoms with Gasteiger partial charge in [-0.2, -0.15) is 0 Å². The molecule has 0 aromatic heterocycles. The molecule has 2 aliphatic rings. The molecule has 1 saturated heterocycles. The van der Waals surface area contributed by atoms with Gasteiger partial charge in [-0.05, 0) is 18.8 Å². The molecule has 0 aromatic carbocycles. The number of hydrogen-bond acceptors (Lipinski definition) is 3. The van der Waals surface area contributed by atoms with Gasteiger partial charge in [-0.25, -0.2) is 0 Å². The highest BCUT2D eigenvalue weighted by atomic mass is 35.5. The number of rotatable bonds is 6. The van der Waals surface area contributed by atoms with Crippen LogP contribution >= 0.6 is 11.6 Å². The van der Waals surface area contributed by atoms with Crippen molar-refractivity contribution in [1.82, 2.24) is 9.80 Å². The van der Waals surface area contributed by atoms with Gasteiger partial charge in [0, 0.05) is 29.3 Å². The molecule has 0 bridgehead atoms. The lowest BCUT2D eigenvalue weighted by Crippen LogP contribution is -2.53. The first-order chi connectivity index (χ1) is 11.3. The van der Waals surface area contributed by atoms with Gasteiger partial charge in [0.2, 0.25) is 5.91 Å². The summed E-state index contributed by atoms with van der Waals surface area (Å²) < 4.78 is 0. The van der Waals surface area contributed by atoms with Crippen LogP contribution in [0.3, 0.4) is 0 Å². The van der Waals surface area contributed by atoms with Gasteiger partial charge in [-0.15, -0.1) is 0 Å². The summed E-state index contributed by atoms with van der Waals surface area (Å²) in [5.41, 5.74) is 0.991. The molecule has 0 spiro atoms. The molecule has 2 unspecified atom stereocenters. The Morgan fingerprint density at radius 1 is 1.42 bits per heavy atom. The maximum Gasteiger partial charge on any atom is 0.255 e. The van der Waals surface area contributed by atoms with Crippen molar-refractivity contribution in [3.05, 3.63) is 35.4 Å². The summed E-state index contributed by atoms with van der Waals surface area (Å²) in [4.78, 5) is 40.1. The van der Waals surface area contributed by atoms with Crippen LogP contribution in [0.15, 0.2) is 35.4 Å². The summed E-state index contributed by atoms with van der Waals surface area (Å²) in [5, 5.41) is 0.280. The molecule has 130 valence electrons. The van der Waals surface area contributed by atoms with Crippen molar-refractivity contribution in [3.8, 4) is 0 Å². The molecule has 0 radical (unpaired) electrons. The van der Waals surface area contributed by atoms with Crippen LogP contribution in [0, 0.1) is 5.92 Å². The second-order valence-electron chi connectivity index (χ2n) is 6.50. The molecule has 2 rings (SSSR count). The van der Waals surface area contributed by atoms with E-state index >= 15 is 0 Å². The number of carbonyl (C=O) groups is 3. The number of likely N-dealkylation sites (tertiary alicyclic amines) is 1. The van der Waals surface area contributed by atoms with E-state index < -0.39 is 12.1 Å². The van der Waals surface area contributed by atoms with E-state index in [1.165, 1.54) is 11.0 Å². The third kappa shape index (κ3) is 3.18. The molecule has 24 heavy (non-hydrogen) atoms. The van der Waals surface area contributed by atoms with Gasteiger partial charge in [0.15, 0.2) is 0 Å². The standard InChI is InChI=1S/C18H23ClN2O3/c1-5-14-15(12(4)19)9-21(17(14)23)16(11(2)3)18(24)20-8-6-7-13(20)10-22/h5,10-11,13,16H,1,4,6-9H2,2-3H3. The molecule has 2 aliphatic heterocycles. The molecular weight excluding hydrogens is 328 g/mol. The molecule has 5 nitrogen and oxygen atoms in total. The largest absolute Gasteiger partial charge is 0.331 e. The molecule has 0 N–H and O–H groups in total. The Hall–Kier alpha value is -1.88. The van der Waals surface area contributed by atoms with Crippen LogP contribution in [-0.2, 0) is 14.4 Å². The molecule has 0 saturated carbocycles. The van der Waals surface area contributed by atoms with Gasteiger partial charge in [0.25, 0.3) is 5.91 Å². The van der Waals surface area contributed by atoms with Crippen molar-refractivity contribution in [2.75, 3.05) is 13.1 Å². The maximum atomic E-state index is 13.0. The third-order valence-corrected chi connectivity index (χ3v) is 4.86. The fraction of sp³-hybridized carbons (Fsp3) is 0.500. The van der Waals surface area contributed by atoms with Crippen LogP contribution in [-0.4, -0.2) is 53.1 Å². The average molecular weight is 351 g/mol. The topological polar surface area (TPSA) is 57.7 Å². The van der Waals surface area contributed by atoms with E-state index in [-0.39, 0.29) is 29.3 Å². The monoisotopic (exact) mass is 350 g/mol. The second kappa shape index (κ2) is 7.34. The highest BCUT2D eigenvalue weighted by Gasteiger charge is 2.42.